The highest BCUT2D eigenvalue weighted by molar-refractivity contribution is 5.37. The predicted molar refractivity (Wildman–Crippen MR) is 79.0 cm³/mol. The van der Waals surface area contributed by atoms with E-state index in [-0.39, 0.29) is 6.10 Å². The molecule has 0 spiro atoms. The first-order valence-corrected chi connectivity index (χ1v) is 7.53. The van der Waals surface area contributed by atoms with Gasteiger partial charge in [-0.3, -0.25) is 0 Å². The van der Waals surface area contributed by atoms with E-state index in [1.54, 1.807) is 0 Å². The molecule has 1 aliphatic carbocycles. The van der Waals surface area contributed by atoms with Gasteiger partial charge in [0.2, 0.25) is 5.88 Å². The van der Waals surface area contributed by atoms with Crippen LogP contribution in [0.2, 0.25) is 0 Å². The van der Waals surface area contributed by atoms with Gasteiger partial charge >= 0.3 is 0 Å². The van der Waals surface area contributed by atoms with Gasteiger partial charge in [-0.15, -0.1) is 0 Å². The van der Waals surface area contributed by atoms with E-state index in [1.807, 2.05) is 20.0 Å². The summed E-state index contributed by atoms with van der Waals surface area (Å²) in [6, 6.07) is 1.86. The van der Waals surface area contributed by atoms with E-state index in [1.165, 1.54) is 19.3 Å². The Labute approximate surface area is 121 Å². The fourth-order valence-corrected chi connectivity index (χ4v) is 2.53. The van der Waals surface area contributed by atoms with Crippen LogP contribution in [0, 0.1) is 5.92 Å². The normalized spacial score (nSPS) is 22.6. The van der Waals surface area contributed by atoms with Crippen molar-refractivity contribution in [3.63, 3.8) is 0 Å². The Morgan fingerprint density at radius 1 is 1.30 bits per heavy atom. The molecule has 0 bridgehead atoms. The van der Waals surface area contributed by atoms with E-state index in [4.69, 9.17) is 9.47 Å². The lowest BCUT2D eigenvalue weighted by Crippen LogP contribution is -2.28. The first-order chi connectivity index (χ1) is 9.72. The monoisotopic (exact) mass is 279 g/mol. The molecule has 1 aliphatic rings. The molecule has 1 aromatic rings. The van der Waals surface area contributed by atoms with E-state index >= 15 is 0 Å². The molecule has 1 heterocycles. The number of anilines is 1. The third kappa shape index (κ3) is 4.07. The van der Waals surface area contributed by atoms with Crippen LogP contribution < -0.4 is 10.1 Å². The minimum Gasteiger partial charge on any atom is -0.474 e. The maximum absolute atomic E-state index is 6.08. The summed E-state index contributed by atoms with van der Waals surface area (Å²) in [5.74, 6) is 2.68. The summed E-state index contributed by atoms with van der Waals surface area (Å²) < 4.78 is 11.5. The van der Waals surface area contributed by atoms with Gasteiger partial charge in [-0.2, -0.15) is 4.98 Å². The molecule has 1 fully saturated rings. The number of nitrogens with zero attached hydrogens (tertiary/aromatic N) is 2. The van der Waals surface area contributed by atoms with Crippen LogP contribution in [-0.4, -0.2) is 29.7 Å². The van der Waals surface area contributed by atoms with Crippen LogP contribution in [0.15, 0.2) is 6.07 Å². The van der Waals surface area contributed by atoms with Crippen LogP contribution in [-0.2, 0) is 11.3 Å². The number of rotatable bonds is 6. The van der Waals surface area contributed by atoms with E-state index in [9.17, 15) is 0 Å². The molecule has 2 rings (SSSR count). The molecule has 0 aromatic carbocycles. The standard InChI is InChI=1S/C15H25N3O2/c1-4-19-10-14-17-13(16-3)9-15(18-14)20-12-8-6-5-7-11(12)2/h9,11-12H,4-8,10H2,1-3H3,(H,16,17,18). The molecule has 20 heavy (non-hydrogen) atoms. The van der Waals surface area contributed by atoms with Gasteiger partial charge < -0.3 is 14.8 Å². The molecule has 0 amide bonds. The number of ether oxygens (including phenoxy) is 2. The first kappa shape index (κ1) is 15.0. The smallest absolute Gasteiger partial charge is 0.219 e. The van der Waals surface area contributed by atoms with E-state index in [0.29, 0.717) is 30.8 Å². The maximum Gasteiger partial charge on any atom is 0.219 e. The van der Waals surface area contributed by atoms with Gasteiger partial charge in [-0.25, -0.2) is 4.98 Å². The third-order valence-corrected chi connectivity index (χ3v) is 3.75. The van der Waals surface area contributed by atoms with Crippen molar-refractivity contribution < 1.29 is 9.47 Å². The van der Waals surface area contributed by atoms with Gasteiger partial charge in [-0.1, -0.05) is 13.3 Å². The zero-order chi connectivity index (χ0) is 14.4. The zero-order valence-corrected chi connectivity index (χ0v) is 12.7. The minimum absolute atomic E-state index is 0.267. The van der Waals surface area contributed by atoms with Gasteiger partial charge in [0.05, 0.1) is 0 Å². The van der Waals surface area contributed by atoms with Crippen LogP contribution >= 0.6 is 0 Å². The Bertz CT molecular complexity index is 426. The Morgan fingerprint density at radius 2 is 2.10 bits per heavy atom. The summed E-state index contributed by atoms with van der Waals surface area (Å²) in [5, 5.41) is 3.05. The van der Waals surface area contributed by atoms with Crippen LogP contribution in [0.3, 0.4) is 0 Å². The summed E-state index contributed by atoms with van der Waals surface area (Å²) in [6.45, 7) is 5.29. The van der Waals surface area contributed by atoms with Crippen LogP contribution in [0.4, 0.5) is 5.82 Å². The van der Waals surface area contributed by atoms with Crippen LogP contribution in [0.1, 0.15) is 45.4 Å². The lowest BCUT2D eigenvalue weighted by Gasteiger charge is -2.28. The summed E-state index contributed by atoms with van der Waals surface area (Å²) >= 11 is 0. The molecule has 112 valence electrons. The van der Waals surface area contributed by atoms with Crippen molar-refractivity contribution in [1.29, 1.82) is 0 Å². The first-order valence-electron chi connectivity index (χ1n) is 7.53. The molecular weight excluding hydrogens is 254 g/mol. The Morgan fingerprint density at radius 3 is 2.80 bits per heavy atom. The summed E-state index contributed by atoms with van der Waals surface area (Å²) in [5.41, 5.74) is 0. The van der Waals surface area contributed by atoms with Crippen LogP contribution in [0.25, 0.3) is 0 Å². The molecular formula is C15H25N3O2. The lowest BCUT2D eigenvalue weighted by atomic mass is 9.88. The minimum atomic E-state index is 0.267. The largest absolute Gasteiger partial charge is 0.474 e. The quantitative estimate of drug-likeness (QED) is 0.867. The van der Waals surface area contributed by atoms with Gasteiger partial charge in [0, 0.05) is 19.7 Å². The van der Waals surface area contributed by atoms with Crippen molar-refractivity contribution in [3.05, 3.63) is 11.9 Å². The maximum atomic E-state index is 6.08. The Hall–Kier alpha value is -1.36. The molecule has 1 aromatic heterocycles. The topological polar surface area (TPSA) is 56.3 Å². The zero-order valence-electron chi connectivity index (χ0n) is 12.7. The molecule has 0 aliphatic heterocycles. The highest BCUT2D eigenvalue weighted by Crippen LogP contribution is 2.28. The molecule has 0 radical (unpaired) electrons. The number of hydrogen-bond donors (Lipinski definition) is 1. The molecule has 1 N–H and O–H groups in total. The lowest BCUT2D eigenvalue weighted by molar-refractivity contribution is 0.0946. The van der Waals surface area contributed by atoms with Crippen molar-refractivity contribution in [1.82, 2.24) is 9.97 Å². The molecule has 5 heteroatoms. The Balaban J connectivity index is 2.08. The van der Waals surface area contributed by atoms with Crippen molar-refractivity contribution >= 4 is 5.82 Å². The Kier molecular flexibility index (Phi) is 5.59. The van der Waals surface area contributed by atoms with Crippen molar-refractivity contribution in [2.24, 2.45) is 5.92 Å². The summed E-state index contributed by atoms with van der Waals surface area (Å²) in [6.07, 6.45) is 5.16. The molecule has 5 nitrogen and oxygen atoms in total. The van der Waals surface area contributed by atoms with Crippen molar-refractivity contribution in [2.45, 2.75) is 52.2 Å². The number of nitrogens with one attached hydrogen (secondary N) is 1. The highest BCUT2D eigenvalue weighted by Gasteiger charge is 2.23. The number of aromatic nitrogens is 2. The van der Waals surface area contributed by atoms with Gasteiger partial charge in [0.25, 0.3) is 0 Å². The van der Waals surface area contributed by atoms with E-state index in [0.717, 1.165) is 12.2 Å². The van der Waals surface area contributed by atoms with Gasteiger partial charge in [0.1, 0.15) is 18.5 Å². The van der Waals surface area contributed by atoms with E-state index < -0.39 is 0 Å². The SMILES string of the molecule is CCOCc1nc(NC)cc(OC2CCCCC2C)n1. The van der Waals surface area contributed by atoms with Crippen molar-refractivity contribution in [3.8, 4) is 5.88 Å². The molecule has 1 saturated carbocycles. The number of hydrogen-bond acceptors (Lipinski definition) is 5. The second-order valence-electron chi connectivity index (χ2n) is 5.31. The van der Waals surface area contributed by atoms with Gasteiger partial charge in [-0.05, 0) is 32.1 Å². The predicted octanol–water partition coefficient (Wildman–Crippen LogP) is 3.01. The third-order valence-electron chi connectivity index (χ3n) is 3.75. The van der Waals surface area contributed by atoms with Crippen LogP contribution in [0.5, 0.6) is 5.88 Å². The van der Waals surface area contributed by atoms with E-state index in [2.05, 4.69) is 22.2 Å². The van der Waals surface area contributed by atoms with Gasteiger partial charge in [0.15, 0.2) is 5.82 Å². The molecule has 2 atom stereocenters. The second kappa shape index (κ2) is 7.43. The molecule has 2 unspecified atom stereocenters. The van der Waals surface area contributed by atoms with Crippen molar-refractivity contribution in [2.75, 3.05) is 19.0 Å². The summed E-state index contributed by atoms with van der Waals surface area (Å²) in [7, 11) is 1.85. The fourth-order valence-electron chi connectivity index (χ4n) is 2.53. The fraction of sp³-hybridized carbons (Fsp3) is 0.733. The average molecular weight is 279 g/mol. The summed E-state index contributed by atoms with van der Waals surface area (Å²) in [4.78, 5) is 8.82. The average Bonchev–Trinajstić information content (AvgIpc) is 2.47. The molecule has 0 saturated heterocycles. The highest BCUT2D eigenvalue weighted by atomic mass is 16.5. The second-order valence-corrected chi connectivity index (χ2v) is 5.31.